The van der Waals surface area contributed by atoms with E-state index in [1.54, 1.807) is 38.3 Å². The van der Waals surface area contributed by atoms with E-state index in [1.165, 1.54) is 0 Å². The van der Waals surface area contributed by atoms with Crippen molar-refractivity contribution in [3.63, 3.8) is 0 Å². The van der Waals surface area contributed by atoms with Crippen LogP contribution in [-0.2, 0) is 21.2 Å². The van der Waals surface area contributed by atoms with Gasteiger partial charge in [0.05, 0.1) is 7.11 Å². The van der Waals surface area contributed by atoms with Crippen LogP contribution >= 0.6 is 0 Å². The Kier molecular flexibility index (Phi) is 6.56. The van der Waals surface area contributed by atoms with Crippen LogP contribution in [0.5, 0.6) is 5.75 Å². The molecule has 4 rings (SSSR count). The molecule has 33 heavy (non-hydrogen) atoms. The monoisotopic (exact) mass is 467 g/mol. The lowest BCUT2D eigenvalue weighted by Gasteiger charge is -2.33. The molecule has 8 heteroatoms. The van der Waals surface area contributed by atoms with Crippen molar-refractivity contribution in [2.75, 3.05) is 25.5 Å². The number of piperidine rings is 1. The number of carbonyl (C=O) groups excluding carboxylic acids is 1. The van der Waals surface area contributed by atoms with Gasteiger partial charge in [0.1, 0.15) is 16.5 Å². The summed E-state index contributed by atoms with van der Waals surface area (Å²) in [6.07, 6.45) is 2.14. The number of amides is 1. The minimum Gasteiger partial charge on any atom is -0.497 e. The zero-order valence-corrected chi connectivity index (χ0v) is 20.0. The highest BCUT2D eigenvalue weighted by Gasteiger charge is 2.35. The van der Waals surface area contributed by atoms with E-state index in [9.17, 15) is 13.2 Å². The Bertz CT molecular complexity index is 1210. The second-order valence-corrected chi connectivity index (χ2v) is 9.87. The predicted octanol–water partition coefficient (Wildman–Crippen LogP) is 4.08. The van der Waals surface area contributed by atoms with Gasteiger partial charge < -0.3 is 15.0 Å². The second-order valence-electron chi connectivity index (χ2n) is 8.33. The molecule has 0 bridgehead atoms. The van der Waals surface area contributed by atoms with Crippen LogP contribution in [-0.4, -0.2) is 45.3 Å². The predicted molar refractivity (Wildman–Crippen MR) is 131 cm³/mol. The van der Waals surface area contributed by atoms with Gasteiger partial charge in [-0.25, -0.2) is 0 Å². The van der Waals surface area contributed by atoms with Crippen molar-refractivity contribution in [1.82, 2.24) is 4.90 Å². The molecule has 2 aliphatic rings. The summed E-state index contributed by atoms with van der Waals surface area (Å²) < 4.78 is 35.0. The molecule has 1 amide bonds. The number of anilines is 1. The highest BCUT2D eigenvalue weighted by molar-refractivity contribution is 8.00. The lowest BCUT2D eigenvalue weighted by molar-refractivity contribution is -0.121. The highest BCUT2D eigenvalue weighted by Crippen LogP contribution is 2.35. The SMILES string of the molecule is CCc1ccccc1NC(=O)C1CCN(C2=NS(=O)(=O)C(c3ccc(OC)cc3)=C2C)CC1. The van der Waals surface area contributed by atoms with Gasteiger partial charge >= 0.3 is 0 Å². The molecule has 0 unspecified atom stereocenters. The first-order valence-electron chi connectivity index (χ1n) is 11.2. The van der Waals surface area contributed by atoms with Crippen LogP contribution < -0.4 is 10.1 Å². The van der Waals surface area contributed by atoms with E-state index in [-0.39, 0.29) is 16.7 Å². The Balaban J connectivity index is 1.46. The van der Waals surface area contributed by atoms with E-state index in [4.69, 9.17) is 4.74 Å². The quantitative estimate of drug-likeness (QED) is 0.716. The number of nitrogens with one attached hydrogen (secondary N) is 1. The fraction of sp³-hybridized carbons (Fsp3) is 0.360. The number of aryl methyl sites for hydroxylation is 1. The number of nitrogens with zero attached hydrogens (tertiary/aromatic N) is 2. The van der Waals surface area contributed by atoms with Crippen LogP contribution in [0.1, 0.15) is 37.8 Å². The molecule has 0 spiro atoms. The van der Waals surface area contributed by atoms with Crippen molar-refractivity contribution in [3.05, 3.63) is 65.2 Å². The molecule has 0 aliphatic carbocycles. The standard InChI is InChI=1S/C25H29N3O4S/c1-4-18-7-5-6-8-22(18)26-25(29)20-13-15-28(16-14-20)24-17(2)23(33(30,31)27-24)19-9-11-21(32-3)12-10-19/h5-12,20H,4,13-16H2,1-3H3,(H,26,29). The maximum Gasteiger partial charge on any atom is 0.285 e. The van der Waals surface area contributed by atoms with Crippen molar-refractivity contribution >= 4 is 32.4 Å². The van der Waals surface area contributed by atoms with Crippen molar-refractivity contribution < 1.29 is 17.9 Å². The number of rotatable bonds is 5. The van der Waals surface area contributed by atoms with Crippen LogP contribution in [0.2, 0.25) is 0 Å². The van der Waals surface area contributed by atoms with Gasteiger partial charge in [0.15, 0.2) is 0 Å². The lowest BCUT2D eigenvalue weighted by atomic mass is 9.95. The minimum atomic E-state index is -3.78. The van der Waals surface area contributed by atoms with Gasteiger partial charge in [-0.15, -0.1) is 4.40 Å². The molecule has 0 atom stereocenters. The molecule has 0 aromatic heterocycles. The zero-order chi connectivity index (χ0) is 23.6. The van der Waals surface area contributed by atoms with Crippen molar-refractivity contribution in [3.8, 4) is 5.75 Å². The van der Waals surface area contributed by atoms with Crippen LogP contribution in [0.4, 0.5) is 5.69 Å². The molecule has 7 nitrogen and oxygen atoms in total. The Labute approximate surface area is 195 Å². The third-order valence-corrected chi connectivity index (χ3v) is 7.79. The van der Waals surface area contributed by atoms with Crippen LogP contribution in [0, 0.1) is 5.92 Å². The van der Waals surface area contributed by atoms with E-state index in [0.717, 1.165) is 17.7 Å². The summed E-state index contributed by atoms with van der Waals surface area (Å²) in [6, 6.07) is 14.8. The molecular formula is C25H29N3O4S. The van der Waals surface area contributed by atoms with Crippen LogP contribution in [0.15, 0.2) is 58.5 Å². The Morgan fingerprint density at radius 1 is 1.12 bits per heavy atom. The van der Waals surface area contributed by atoms with Crippen molar-refractivity contribution in [2.45, 2.75) is 33.1 Å². The van der Waals surface area contributed by atoms with Gasteiger partial charge in [0, 0.05) is 30.3 Å². The maximum atomic E-state index is 12.8. The molecule has 0 saturated carbocycles. The number of benzene rings is 2. The number of hydrogen-bond donors (Lipinski definition) is 1. The lowest BCUT2D eigenvalue weighted by Crippen LogP contribution is -2.41. The highest BCUT2D eigenvalue weighted by atomic mass is 32.2. The number of ether oxygens (including phenoxy) is 1. The molecule has 2 aromatic rings. The average molecular weight is 468 g/mol. The molecular weight excluding hydrogens is 438 g/mol. The van der Waals surface area contributed by atoms with Gasteiger partial charge in [0.2, 0.25) is 5.91 Å². The number of hydrogen-bond acceptors (Lipinski definition) is 5. The smallest absolute Gasteiger partial charge is 0.285 e. The van der Waals surface area contributed by atoms with Gasteiger partial charge in [0.25, 0.3) is 10.0 Å². The minimum absolute atomic E-state index is 0.0164. The number of carbonyl (C=O) groups is 1. The molecule has 2 aliphatic heterocycles. The average Bonchev–Trinajstić information content (AvgIpc) is 3.08. The summed E-state index contributed by atoms with van der Waals surface area (Å²) in [6.45, 7) is 5.02. The van der Waals surface area contributed by atoms with Crippen molar-refractivity contribution in [1.29, 1.82) is 0 Å². The van der Waals surface area contributed by atoms with Crippen molar-refractivity contribution in [2.24, 2.45) is 10.3 Å². The van der Waals surface area contributed by atoms with E-state index in [1.807, 2.05) is 29.2 Å². The molecule has 0 radical (unpaired) electrons. The third kappa shape index (κ3) is 4.66. The largest absolute Gasteiger partial charge is 0.497 e. The Morgan fingerprint density at radius 3 is 2.42 bits per heavy atom. The van der Waals surface area contributed by atoms with Gasteiger partial charge in [-0.3, -0.25) is 4.79 Å². The fourth-order valence-electron chi connectivity index (χ4n) is 4.46. The third-order valence-electron chi connectivity index (χ3n) is 6.31. The first-order chi connectivity index (χ1) is 15.8. The van der Waals surface area contributed by atoms with E-state index >= 15 is 0 Å². The summed E-state index contributed by atoms with van der Waals surface area (Å²) in [5.41, 5.74) is 3.21. The number of amidine groups is 1. The molecule has 2 heterocycles. The first kappa shape index (κ1) is 23.0. The molecule has 1 fully saturated rings. The normalized spacial score (nSPS) is 18.3. The second kappa shape index (κ2) is 9.39. The molecule has 174 valence electrons. The Morgan fingerprint density at radius 2 is 1.79 bits per heavy atom. The van der Waals surface area contributed by atoms with Gasteiger partial charge in [-0.2, -0.15) is 8.42 Å². The zero-order valence-electron chi connectivity index (χ0n) is 19.2. The molecule has 2 aromatic carbocycles. The fourth-order valence-corrected chi connectivity index (χ4v) is 5.95. The summed E-state index contributed by atoms with van der Waals surface area (Å²) in [5, 5.41) is 3.07. The first-order valence-corrected chi connectivity index (χ1v) is 12.6. The maximum absolute atomic E-state index is 12.8. The van der Waals surface area contributed by atoms with E-state index < -0.39 is 10.0 Å². The topological polar surface area (TPSA) is 88.1 Å². The van der Waals surface area contributed by atoms with Gasteiger partial charge in [-0.1, -0.05) is 25.1 Å². The summed E-state index contributed by atoms with van der Waals surface area (Å²) in [7, 11) is -2.21. The number of para-hydroxylation sites is 1. The molecule has 1 N–H and O–H groups in total. The van der Waals surface area contributed by atoms with E-state index in [0.29, 0.717) is 48.7 Å². The Hall–Kier alpha value is -3.13. The summed E-state index contributed by atoms with van der Waals surface area (Å²) in [4.78, 5) is 15.1. The van der Waals surface area contributed by atoms with Crippen LogP contribution in [0.3, 0.4) is 0 Å². The van der Waals surface area contributed by atoms with E-state index in [2.05, 4.69) is 16.6 Å². The molecule has 1 saturated heterocycles. The van der Waals surface area contributed by atoms with Crippen LogP contribution in [0.25, 0.3) is 4.91 Å². The number of sulfonamides is 1. The number of likely N-dealkylation sites (tertiary alicyclic amines) is 1. The van der Waals surface area contributed by atoms with Gasteiger partial charge in [-0.05, 0) is 67.6 Å². The number of methoxy groups -OCH3 is 1. The summed E-state index contributed by atoms with van der Waals surface area (Å²) >= 11 is 0. The summed E-state index contributed by atoms with van der Waals surface area (Å²) in [5.74, 6) is 1.05.